The van der Waals surface area contributed by atoms with E-state index >= 15 is 0 Å². The van der Waals surface area contributed by atoms with E-state index in [1.54, 1.807) is 0 Å². The van der Waals surface area contributed by atoms with Crippen molar-refractivity contribution in [3.63, 3.8) is 0 Å². The summed E-state index contributed by atoms with van der Waals surface area (Å²) in [6, 6.07) is 0.246. The summed E-state index contributed by atoms with van der Waals surface area (Å²) in [7, 11) is 0. The van der Waals surface area contributed by atoms with Crippen LogP contribution in [0.4, 0.5) is 0 Å². The molecule has 102 valence electrons. The van der Waals surface area contributed by atoms with Gasteiger partial charge in [-0.05, 0) is 24.2 Å². The largest absolute Gasteiger partial charge is 0.396 e. The van der Waals surface area contributed by atoms with E-state index < -0.39 is 0 Å². The fraction of sp³-hybridized carbons (Fsp3) is 0.846. The van der Waals surface area contributed by atoms with Gasteiger partial charge in [-0.3, -0.25) is 0 Å². The Balaban J connectivity index is 2.21. The molecular weight excluding hydrogens is 230 g/mol. The summed E-state index contributed by atoms with van der Waals surface area (Å²) in [6.45, 7) is 6.69. The zero-order valence-corrected chi connectivity index (χ0v) is 11.4. The van der Waals surface area contributed by atoms with Crippen molar-refractivity contribution in [2.75, 3.05) is 6.61 Å². The fourth-order valence-corrected chi connectivity index (χ4v) is 2.90. The highest BCUT2D eigenvalue weighted by molar-refractivity contribution is 5.06. The summed E-state index contributed by atoms with van der Waals surface area (Å²) in [5.41, 5.74) is 6.20. The number of nitrogens with two attached hydrogens (primary N) is 1. The molecular formula is C13H23N3O2. The van der Waals surface area contributed by atoms with E-state index in [0.29, 0.717) is 24.1 Å². The van der Waals surface area contributed by atoms with Crippen molar-refractivity contribution < 1.29 is 9.63 Å². The van der Waals surface area contributed by atoms with Crippen LogP contribution in [-0.4, -0.2) is 27.9 Å². The number of aliphatic hydroxyl groups excluding tert-OH is 1. The third kappa shape index (κ3) is 2.29. The molecule has 3 N–H and O–H groups in total. The second-order valence-corrected chi connectivity index (χ2v) is 5.93. The van der Waals surface area contributed by atoms with Crippen LogP contribution in [0.2, 0.25) is 0 Å². The van der Waals surface area contributed by atoms with Crippen LogP contribution in [0.25, 0.3) is 0 Å². The lowest BCUT2D eigenvalue weighted by Gasteiger charge is -2.45. The molecule has 5 heteroatoms. The van der Waals surface area contributed by atoms with Crippen LogP contribution >= 0.6 is 0 Å². The van der Waals surface area contributed by atoms with E-state index in [9.17, 15) is 0 Å². The molecule has 0 amide bonds. The first-order chi connectivity index (χ1) is 8.46. The molecule has 2 rings (SSSR count). The number of hydrogen-bond acceptors (Lipinski definition) is 5. The van der Waals surface area contributed by atoms with Crippen molar-refractivity contribution in [3.05, 3.63) is 11.7 Å². The highest BCUT2D eigenvalue weighted by Gasteiger charge is 2.44. The molecule has 3 atom stereocenters. The van der Waals surface area contributed by atoms with E-state index in [-0.39, 0.29) is 24.0 Å². The molecule has 18 heavy (non-hydrogen) atoms. The zero-order chi connectivity index (χ0) is 13.3. The molecule has 0 spiro atoms. The smallest absolute Gasteiger partial charge is 0.230 e. The van der Waals surface area contributed by atoms with Crippen molar-refractivity contribution in [2.24, 2.45) is 17.1 Å². The number of rotatable bonds is 3. The van der Waals surface area contributed by atoms with Gasteiger partial charge in [0.15, 0.2) is 5.82 Å². The molecule has 1 aliphatic rings. The first kappa shape index (κ1) is 13.5. The van der Waals surface area contributed by atoms with E-state index in [1.165, 1.54) is 0 Å². The van der Waals surface area contributed by atoms with Gasteiger partial charge in [-0.15, -0.1) is 0 Å². The predicted octanol–water partition coefficient (Wildman–Crippen LogP) is 1.47. The van der Waals surface area contributed by atoms with Gasteiger partial charge in [-0.1, -0.05) is 25.9 Å². The van der Waals surface area contributed by atoms with Gasteiger partial charge < -0.3 is 15.4 Å². The molecule has 0 bridgehead atoms. The van der Waals surface area contributed by atoms with Crippen LogP contribution in [0.1, 0.15) is 51.2 Å². The van der Waals surface area contributed by atoms with E-state index in [2.05, 4.69) is 30.9 Å². The summed E-state index contributed by atoms with van der Waals surface area (Å²) in [6.07, 6.45) is 2.43. The Morgan fingerprint density at radius 2 is 2.17 bits per heavy atom. The van der Waals surface area contributed by atoms with Crippen molar-refractivity contribution in [1.82, 2.24) is 10.1 Å². The van der Waals surface area contributed by atoms with Crippen molar-refractivity contribution in [2.45, 2.75) is 52.0 Å². The molecule has 0 aromatic carbocycles. The Labute approximate surface area is 108 Å². The molecule has 1 aromatic heterocycles. The van der Waals surface area contributed by atoms with Gasteiger partial charge in [0.25, 0.3) is 0 Å². The Morgan fingerprint density at radius 3 is 2.83 bits per heavy atom. The van der Waals surface area contributed by atoms with Gasteiger partial charge in [0.05, 0.1) is 6.61 Å². The number of aromatic nitrogens is 2. The van der Waals surface area contributed by atoms with Crippen molar-refractivity contribution in [1.29, 1.82) is 0 Å². The van der Waals surface area contributed by atoms with Crippen molar-refractivity contribution in [3.8, 4) is 0 Å². The molecule has 1 saturated carbocycles. The van der Waals surface area contributed by atoms with Gasteiger partial charge >= 0.3 is 0 Å². The monoisotopic (exact) mass is 253 g/mol. The topological polar surface area (TPSA) is 85.2 Å². The molecule has 1 heterocycles. The summed E-state index contributed by atoms with van der Waals surface area (Å²) in [4.78, 5) is 4.40. The molecule has 0 aliphatic heterocycles. The third-order valence-corrected chi connectivity index (χ3v) is 4.62. The first-order valence-corrected chi connectivity index (χ1v) is 6.65. The molecule has 1 aliphatic carbocycles. The minimum atomic E-state index is 0.0499. The fourth-order valence-electron chi connectivity index (χ4n) is 2.90. The summed E-state index contributed by atoms with van der Waals surface area (Å²) in [5, 5.41) is 12.8. The summed E-state index contributed by atoms with van der Waals surface area (Å²) < 4.78 is 5.36. The van der Waals surface area contributed by atoms with Crippen LogP contribution in [0, 0.1) is 11.3 Å². The lowest BCUT2D eigenvalue weighted by Crippen LogP contribution is -2.45. The summed E-state index contributed by atoms with van der Waals surface area (Å²) >= 11 is 0. The molecule has 1 aromatic rings. The Kier molecular flexibility index (Phi) is 3.73. The van der Waals surface area contributed by atoms with Gasteiger partial charge in [-0.2, -0.15) is 4.98 Å². The maximum absolute atomic E-state index is 8.88. The second kappa shape index (κ2) is 4.97. The molecule has 0 saturated heterocycles. The van der Waals surface area contributed by atoms with E-state index in [0.717, 1.165) is 12.8 Å². The average molecular weight is 253 g/mol. The molecule has 5 nitrogen and oxygen atoms in total. The predicted molar refractivity (Wildman–Crippen MR) is 68.0 cm³/mol. The summed E-state index contributed by atoms with van der Waals surface area (Å²) in [5.74, 6) is 1.96. The second-order valence-electron chi connectivity index (χ2n) is 5.93. The van der Waals surface area contributed by atoms with Crippen LogP contribution < -0.4 is 5.73 Å². The molecule has 0 radical (unpaired) electrons. The number of hydrogen-bond donors (Lipinski definition) is 2. The van der Waals surface area contributed by atoms with Crippen LogP contribution in [-0.2, 0) is 6.42 Å². The molecule has 1 fully saturated rings. The average Bonchev–Trinajstić information content (AvgIpc) is 2.75. The highest BCUT2D eigenvalue weighted by Crippen LogP contribution is 2.49. The lowest BCUT2D eigenvalue weighted by molar-refractivity contribution is 0.0806. The SMILES string of the molecule is CC1C(N)CCC(c2nc(CCO)no2)C1(C)C. The number of aliphatic hydroxyl groups is 1. The Bertz CT molecular complexity index is 403. The van der Waals surface area contributed by atoms with Crippen LogP contribution in [0.3, 0.4) is 0 Å². The van der Waals surface area contributed by atoms with E-state index in [4.69, 9.17) is 15.4 Å². The number of nitrogens with zero attached hydrogens (tertiary/aromatic N) is 2. The zero-order valence-electron chi connectivity index (χ0n) is 11.4. The standard InChI is InChI=1S/C13H23N3O2/c1-8-10(14)5-4-9(13(8,2)3)12-15-11(6-7-17)16-18-12/h8-10,17H,4-7,14H2,1-3H3. The normalized spacial score (nSPS) is 31.5. The van der Waals surface area contributed by atoms with Crippen molar-refractivity contribution >= 4 is 0 Å². The quantitative estimate of drug-likeness (QED) is 0.852. The Hall–Kier alpha value is -0.940. The van der Waals surface area contributed by atoms with Crippen LogP contribution in [0.5, 0.6) is 0 Å². The van der Waals surface area contributed by atoms with Crippen LogP contribution in [0.15, 0.2) is 4.52 Å². The molecule has 3 unspecified atom stereocenters. The first-order valence-electron chi connectivity index (χ1n) is 6.65. The van der Waals surface area contributed by atoms with Gasteiger partial charge in [0.2, 0.25) is 5.89 Å². The Morgan fingerprint density at radius 1 is 1.44 bits per heavy atom. The lowest BCUT2D eigenvalue weighted by atomic mass is 9.61. The maximum Gasteiger partial charge on any atom is 0.230 e. The minimum absolute atomic E-state index is 0.0499. The van der Waals surface area contributed by atoms with Gasteiger partial charge in [0.1, 0.15) is 0 Å². The van der Waals surface area contributed by atoms with Gasteiger partial charge in [0, 0.05) is 18.4 Å². The van der Waals surface area contributed by atoms with E-state index in [1.807, 2.05) is 0 Å². The highest BCUT2D eigenvalue weighted by atomic mass is 16.5. The van der Waals surface area contributed by atoms with Gasteiger partial charge in [-0.25, -0.2) is 0 Å². The third-order valence-electron chi connectivity index (χ3n) is 4.62. The maximum atomic E-state index is 8.88. The minimum Gasteiger partial charge on any atom is -0.396 e.